The van der Waals surface area contributed by atoms with Crippen molar-refractivity contribution in [1.29, 1.82) is 0 Å². The van der Waals surface area contributed by atoms with E-state index in [1.54, 1.807) is 7.11 Å². The van der Waals surface area contributed by atoms with Gasteiger partial charge in [0.05, 0.1) is 45.2 Å². The Labute approximate surface area is 283 Å². The Balaban J connectivity index is 1.95. The van der Waals surface area contributed by atoms with Crippen LogP contribution in [-0.4, -0.2) is 73.3 Å². The molecule has 46 heavy (non-hydrogen) atoms. The fourth-order valence-electron chi connectivity index (χ4n) is 5.77. The molecule has 0 spiro atoms. The summed E-state index contributed by atoms with van der Waals surface area (Å²) in [5.41, 5.74) is 0.585. The van der Waals surface area contributed by atoms with Gasteiger partial charge in [-0.05, 0) is 74.7 Å². The lowest BCUT2D eigenvalue weighted by atomic mass is 9.79. The van der Waals surface area contributed by atoms with Gasteiger partial charge in [0.25, 0.3) is 0 Å². The van der Waals surface area contributed by atoms with Gasteiger partial charge in [0.15, 0.2) is 22.4 Å². The summed E-state index contributed by atoms with van der Waals surface area (Å²) in [6, 6.07) is 8.02. The third-order valence-corrected chi connectivity index (χ3v) is 20.0. The first-order chi connectivity index (χ1) is 21.0. The quantitative estimate of drug-likeness (QED) is 0.104. The Morgan fingerprint density at radius 2 is 1.52 bits per heavy atom. The van der Waals surface area contributed by atoms with Gasteiger partial charge in [0.2, 0.25) is 0 Å². The monoisotopic (exact) mass is 678 g/mol. The summed E-state index contributed by atoms with van der Waals surface area (Å²) in [7, 11) is -2.68. The lowest BCUT2D eigenvalue weighted by Crippen LogP contribution is -2.59. The molecular formula is C37H66O7Si2. The molecule has 2 fully saturated rings. The number of ether oxygens (including phenoxy) is 5. The second-order valence-electron chi connectivity index (χ2n) is 17.3. The molecule has 3 rings (SSSR count). The summed E-state index contributed by atoms with van der Waals surface area (Å²) < 4.78 is 45.7. The molecule has 2 aliphatic heterocycles. The number of benzene rings is 1. The van der Waals surface area contributed by atoms with E-state index < -0.39 is 28.0 Å². The third-order valence-electron chi connectivity index (χ3n) is 11.0. The number of rotatable bonds is 15. The Kier molecular flexibility index (Phi) is 12.4. The van der Waals surface area contributed by atoms with Gasteiger partial charge < -0.3 is 32.5 Å². The molecule has 2 heterocycles. The molecule has 1 aromatic rings. The molecule has 0 amide bonds. The van der Waals surface area contributed by atoms with Crippen LogP contribution in [0.1, 0.15) is 74.8 Å². The minimum Gasteiger partial charge on any atom is -0.497 e. The van der Waals surface area contributed by atoms with E-state index in [9.17, 15) is 0 Å². The maximum absolute atomic E-state index is 7.47. The van der Waals surface area contributed by atoms with Crippen LogP contribution in [0.2, 0.25) is 36.3 Å². The van der Waals surface area contributed by atoms with Crippen molar-refractivity contribution in [3.8, 4) is 5.75 Å². The summed E-state index contributed by atoms with van der Waals surface area (Å²) >= 11 is 0. The average molecular weight is 679 g/mol. The smallest absolute Gasteiger partial charge is 0.192 e. The third kappa shape index (κ3) is 9.34. The molecule has 0 unspecified atom stereocenters. The maximum atomic E-state index is 7.47. The average Bonchev–Trinajstić information content (AvgIpc) is 3.63. The number of hydrogen-bond donors (Lipinski definition) is 0. The van der Waals surface area contributed by atoms with Crippen LogP contribution in [0, 0.1) is 17.8 Å². The molecule has 0 bridgehead atoms. The van der Waals surface area contributed by atoms with Crippen LogP contribution < -0.4 is 4.74 Å². The molecule has 0 aliphatic carbocycles. The highest BCUT2D eigenvalue weighted by Gasteiger charge is 2.65. The van der Waals surface area contributed by atoms with Crippen molar-refractivity contribution in [3.63, 3.8) is 0 Å². The Hall–Kier alpha value is -1.05. The lowest BCUT2D eigenvalue weighted by molar-refractivity contribution is -0.303. The zero-order valence-corrected chi connectivity index (χ0v) is 33.7. The molecule has 264 valence electrons. The van der Waals surface area contributed by atoms with Gasteiger partial charge in [-0.2, -0.15) is 0 Å². The molecule has 0 radical (unpaired) electrons. The highest BCUT2D eigenvalue weighted by Crippen LogP contribution is 2.52. The normalized spacial score (nSPS) is 27.5. The van der Waals surface area contributed by atoms with Crippen LogP contribution in [0.15, 0.2) is 36.9 Å². The van der Waals surface area contributed by atoms with E-state index in [4.69, 9.17) is 32.5 Å². The van der Waals surface area contributed by atoms with Crippen molar-refractivity contribution in [1.82, 2.24) is 0 Å². The number of hydrogen-bond acceptors (Lipinski definition) is 7. The SMILES string of the molecule is C=C[C@@H]1COC(C)(C)O[C@H]1[C@H](CO[Si](C)(C)C(C)(C)C)[C@H](O[Si](C)(C)C(C)(C)C)[C@]1(C)O[C@@H]1[C@@H](C)COCc1ccc(OC)cc1. The van der Waals surface area contributed by atoms with Crippen molar-refractivity contribution in [2.45, 2.75) is 142 Å². The molecular weight excluding hydrogens is 613 g/mol. The minimum absolute atomic E-state index is 0.00221. The van der Waals surface area contributed by atoms with E-state index in [1.807, 2.05) is 44.2 Å². The lowest BCUT2D eigenvalue weighted by Gasteiger charge is -2.49. The molecule has 0 saturated carbocycles. The highest BCUT2D eigenvalue weighted by molar-refractivity contribution is 6.74. The predicted octanol–water partition coefficient (Wildman–Crippen LogP) is 8.99. The molecule has 9 heteroatoms. The van der Waals surface area contributed by atoms with Crippen molar-refractivity contribution in [2.24, 2.45) is 17.8 Å². The van der Waals surface area contributed by atoms with E-state index in [2.05, 4.69) is 88.2 Å². The molecule has 7 nitrogen and oxygen atoms in total. The topological polar surface area (TPSA) is 67.9 Å². The fraction of sp³-hybridized carbons (Fsp3) is 0.784. The van der Waals surface area contributed by atoms with E-state index in [0.29, 0.717) is 26.4 Å². The van der Waals surface area contributed by atoms with E-state index in [1.165, 1.54) is 0 Å². The molecule has 2 aliphatic rings. The van der Waals surface area contributed by atoms with Crippen molar-refractivity contribution in [3.05, 3.63) is 42.5 Å². The first-order valence-corrected chi connectivity index (χ1v) is 22.9. The fourth-order valence-corrected chi connectivity index (χ4v) is 8.21. The van der Waals surface area contributed by atoms with Crippen LogP contribution in [-0.2, 0) is 34.4 Å². The van der Waals surface area contributed by atoms with Crippen molar-refractivity contribution >= 4 is 16.6 Å². The molecule has 7 atom stereocenters. The summed E-state index contributed by atoms with van der Waals surface area (Å²) in [5, 5.41) is 0.0802. The second-order valence-corrected chi connectivity index (χ2v) is 26.9. The van der Waals surface area contributed by atoms with Gasteiger partial charge in [-0.1, -0.05) is 66.7 Å². The minimum atomic E-state index is -2.26. The van der Waals surface area contributed by atoms with Crippen LogP contribution in [0.25, 0.3) is 0 Å². The zero-order valence-electron chi connectivity index (χ0n) is 31.7. The number of epoxide rings is 1. The van der Waals surface area contributed by atoms with Crippen LogP contribution in [0.3, 0.4) is 0 Å². The Morgan fingerprint density at radius 3 is 2.04 bits per heavy atom. The zero-order chi connectivity index (χ0) is 34.9. The summed E-state index contributed by atoms with van der Waals surface area (Å²) in [4.78, 5) is 0. The molecule has 1 aromatic carbocycles. The van der Waals surface area contributed by atoms with E-state index in [-0.39, 0.29) is 46.1 Å². The highest BCUT2D eigenvalue weighted by atomic mass is 28.4. The maximum Gasteiger partial charge on any atom is 0.192 e. The summed E-state index contributed by atoms with van der Waals surface area (Å²) in [6.07, 6.45) is 1.49. The molecule has 0 aromatic heterocycles. The van der Waals surface area contributed by atoms with Gasteiger partial charge in [-0.15, -0.1) is 6.58 Å². The second kappa shape index (κ2) is 14.4. The first-order valence-electron chi connectivity index (χ1n) is 17.1. The Morgan fingerprint density at radius 1 is 0.935 bits per heavy atom. The molecule has 0 N–H and O–H groups in total. The van der Waals surface area contributed by atoms with Crippen LogP contribution >= 0.6 is 0 Å². The largest absolute Gasteiger partial charge is 0.497 e. The Bertz CT molecular complexity index is 1140. The van der Waals surface area contributed by atoms with E-state index >= 15 is 0 Å². The molecule has 2 saturated heterocycles. The first kappa shape index (κ1) is 39.4. The predicted molar refractivity (Wildman–Crippen MR) is 192 cm³/mol. The van der Waals surface area contributed by atoms with Gasteiger partial charge in [-0.3, -0.25) is 0 Å². The number of methoxy groups -OCH3 is 1. The summed E-state index contributed by atoms with van der Waals surface area (Å²) in [5.74, 6) is 0.177. The van der Waals surface area contributed by atoms with Gasteiger partial charge >= 0.3 is 0 Å². The van der Waals surface area contributed by atoms with Crippen LogP contribution in [0.4, 0.5) is 0 Å². The van der Waals surface area contributed by atoms with Crippen LogP contribution in [0.5, 0.6) is 5.75 Å². The van der Waals surface area contributed by atoms with Crippen molar-refractivity contribution in [2.75, 3.05) is 26.9 Å². The van der Waals surface area contributed by atoms with Gasteiger partial charge in [0, 0.05) is 24.4 Å². The van der Waals surface area contributed by atoms with Gasteiger partial charge in [-0.25, -0.2) is 0 Å². The van der Waals surface area contributed by atoms with Gasteiger partial charge in [0.1, 0.15) is 11.4 Å². The standard InChI is InChI=1S/C37H66O7Si2/c1-17-28-24-40-36(9,10)42-31(28)30(25-41-45(13,14)34(3,4)5)33(44-46(15,16)35(6,7)8)37(11)32(43-37)26(2)22-39-23-27-18-20-29(38-12)21-19-27/h17-21,26,28,30-33H,1,22-25H2,2-16H3/t26-,28+,30-,31+,32+,33-,37+/m0/s1. The summed E-state index contributed by atoms with van der Waals surface area (Å²) in [6.45, 7) is 37.8. The van der Waals surface area contributed by atoms with E-state index in [0.717, 1.165) is 11.3 Å². The van der Waals surface area contributed by atoms with Crippen molar-refractivity contribution < 1.29 is 32.5 Å².